The van der Waals surface area contributed by atoms with E-state index >= 15 is 0 Å². The number of aryl methyl sites for hydroxylation is 2. The molecule has 10 nitrogen and oxygen atoms in total. The van der Waals surface area contributed by atoms with E-state index in [1.807, 2.05) is 42.9 Å². The number of nitrogens with zero attached hydrogens (tertiary/aromatic N) is 5. The second-order valence-electron chi connectivity index (χ2n) is 7.62. The number of amides is 1. The van der Waals surface area contributed by atoms with Crippen molar-refractivity contribution in [1.29, 1.82) is 5.26 Å². The van der Waals surface area contributed by atoms with Crippen LogP contribution in [0.5, 0.6) is 11.5 Å². The highest BCUT2D eigenvalue weighted by Gasteiger charge is 2.29. The SMILES string of the molecule is Cc1ccc(C#N)cc1OC1=C2NC(=O)CN=C2NC(Oc2cccc(-c3nccn3C)c2)=N1. The van der Waals surface area contributed by atoms with Gasteiger partial charge in [-0.1, -0.05) is 18.2 Å². The fourth-order valence-corrected chi connectivity index (χ4v) is 3.46. The Balaban J connectivity index is 1.49. The Morgan fingerprint density at radius 2 is 2.03 bits per heavy atom. The molecule has 1 aromatic heterocycles. The van der Waals surface area contributed by atoms with Gasteiger partial charge in [0.15, 0.2) is 5.84 Å². The zero-order chi connectivity index (χ0) is 23.7. The van der Waals surface area contributed by atoms with Gasteiger partial charge in [0.2, 0.25) is 5.91 Å². The summed E-state index contributed by atoms with van der Waals surface area (Å²) in [6, 6.07) is 14.7. The van der Waals surface area contributed by atoms with Crippen molar-refractivity contribution in [3.63, 3.8) is 0 Å². The van der Waals surface area contributed by atoms with Gasteiger partial charge in [-0.15, -0.1) is 0 Å². The largest absolute Gasteiger partial charge is 0.437 e. The maximum atomic E-state index is 12.0. The molecule has 3 aromatic rings. The predicted molar refractivity (Wildman–Crippen MR) is 124 cm³/mol. The zero-order valence-corrected chi connectivity index (χ0v) is 18.4. The highest BCUT2D eigenvalue weighted by atomic mass is 16.5. The quantitative estimate of drug-likeness (QED) is 0.625. The molecule has 0 aliphatic carbocycles. The summed E-state index contributed by atoms with van der Waals surface area (Å²) < 4.78 is 13.9. The molecule has 0 bridgehead atoms. The summed E-state index contributed by atoms with van der Waals surface area (Å²) in [6.07, 6.45) is 3.59. The van der Waals surface area contributed by atoms with Gasteiger partial charge in [0, 0.05) is 25.0 Å². The van der Waals surface area contributed by atoms with E-state index in [1.54, 1.807) is 30.5 Å². The number of amidine groups is 2. The lowest BCUT2D eigenvalue weighted by Gasteiger charge is -2.25. The Bertz CT molecular complexity index is 1440. The topological polar surface area (TPSA) is 126 Å². The van der Waals surface area contributed by atoms with Crippen molar-refractivity contribution in [2.75, 3.05) is 6.54 Å². The highest BCUT2D eigenvalue weighted by molar-refractivity contribution is 6.13. The third-order valence-electron chi connectivity index (χ3n) is 5.18. The molecule has 2 aromatic carbocycles. The van der Waals surface area contributed by atoms with E-state index in [4.69, 9.17) is 9.47 Å². The molecule has 0 saturated heterocycles. The van der Waals surface area contributed by atoms with Crippen LogP contribution in [0.4, 0.5) is 0 Å². The van der Waals surface area contributed by atoms with Crippen molar-refractivity contribution >= 4 is 17.8 Å². The standard InChI is InChI=1S/C24H19N7O3/c1-14-6-7-15(12-25)10-18(14)34-23-20-21(27-13-19(32)28-20)29-24(30-23)33-17-5-3-4-16(11-17)22-26-8-9-31(22)2/h3-11H,13H2,1-2H3,(H,28,32)(H,27,29,30). The maximum absolute atomic E-state index is 12.0. The minimum atomic E-state index is -0.286. The van der Waals surface area contributed by atoms with E-state index in [9.17, 15) is 10.1 Å². The number of aromatic nitrogens is 2. The minimum absolute atomic E-state index is 0.0377. The maximum Gasteiger partial charge on any atom is 0.304 e. The molecule has 0 spiro atoms. The number of carbonyl (C=O) groups is 1. The fraction of sp³-hybridized carbons (Fsp3) is 0.125. The summed E-state index contributed by atoms with van der Waals surface area (Å²) in [5, 5.41) is 15.0. The lowest BCUT2D eigenvalue weighted by atomic mass is 10.1. The Hall–Kier alpha value is -4.91. The number of aliphatic imine (C=N–C) groups is 2. The van der Waals surface area contributed by atoms with Crippen molar-refractivity contribution in [1.82, 2.24) is 20.2 Å². The normalized spacial score (nSPS) is 14.8. The monoisotopic (exact) mass is 453 g/mol. The van der Waals surface area contributed by atoms with Crippen LogP contribution in [0, 0.1) is 18.3 Å². The second kappa shape index (κ2) is 8.55. The van der Waals surface area contributed by atoms with Gasteiger partial charge in [-0.25, -0.2) is 4.98 Å². The summed E-state index contributed by atoms with van der Waals surface area (Å²) in [4.78, 5) is 25.0. The highest BCUT2D eigenvalue weighted by Crippen LogP contribution is 2.26. The number of nitriles is 1. The molecule has 5 rings (SSSR count). The molecule has 0 fully saturated rings. The van der Waals surface area contributed by atoms with Crippen molar-refractivity contribution in [2.45, 2.75) is 6.92 Å². The minimum Gasteiger partial charge on any atom is -0.437 e. The van der Waals surface area contributed by atoms with Crippen LogP contribution in [0.1, 0.15) is 11.1 Å². The number of ether oxygens (including phenoxy) is 2. The number of rotatable bonds is 4. The summed E-state index contributed by atoms with van der Waals surface area (Å²) in [5.41, 5.74) is 2.41. The molecule has 34 heavy (non-hydrogen) atoms. The van der Waals surface area contributed by atoms with Crippen molar-refractivity contribution in [3.8, 4) is 29.0 Å². The Kier molecular flexibility index (Phi) is 5.27. The molecule has 2 aliphatic heterocycles. The second-order valence-corrected chi connectivity index (χ2v) is 7.62. The first-order valence-corrected chi connectivity index (χ1v) is 10.4. The van der Waals surface area contributed by atoms with Crippen molar-refractivity contribution in [3.05, 3.63) is 77.6 Å². The molecule has 2 aliphatic rings. The summed E-state index contributed by atoms with van der Waals surface area (Å²) in [7, 11) is 1.91. The van der Waals surface area contributed by atoms with Gasteiger partial charge in [-0.3, -0.25) is 15.1 Å². The van der Waals surface area contributed by atoms with E-state index in [0.29, 0.717) is 28.6 Å². The first-order chi connectivity index (χ1) is 16.5. The molecule has 2 N–H and O–H groups in total. The summed E-state index contributed by atoms with van der Waals surface area (Å²) in [5.74, 6) is 1.93. The van der Waals surface area contributed by atoms with Crippen LogP contribution < -0.4 is 20.1 Å². The number of imidazole rings is 1. The molecule has 3 heterocycles. The predicted octanol–water partition coefficient (Wildman–Crippen LogP) is 2.38. The molecule has 0 saturated carbocycles. The first kappa shape index (κ1) is 21.0. The van der Waals surface area contributed by atoms with Gasteiger partial charge < -0.3 is 19.4 Å². The fourth-order valence-electron chi connectivity index (χ4n) is 3.46. The van der Waals surface area contributed by atoms with Gasteiger partial charge in [0.1, 0.15) is 29.6 Å². The average molecular weight is 453 g/mol. The Morgan fingerprint density at radius 1 is 1.15 bits per heavy atom. The Morgan fingerprint density at radius 3 is 2.82 bits per heavy atom. The van der Waals surface area contributed by atoms with Crippen LogP contribution in [0.2, 0.25) is 0 Å². The van der Waals surface area contributed by atoms with Crippen LogP contribution in [0.3, 0.4) is 0 Å². The van der Waals surface area contributed by atoms with Gasteiger partial charge in [-0.05, 0) is 36.8 Å². The van der Waals surface area contributed by atoms with E-state index < -0.39 is 0 Å². The molecule has 0 radical (unpaired) electrons. The third kappa shape index (κ3) is 4.10. The van der Waals surface area contributed by atoms with Crippen LogP contribution in [-0.2, 0) is 11.8 Å². The van der Waals surface area contributed by atoms with Gasteiger partial charge >= 0.3 is 6.02 Å². The molecule has 0 atom stereocenters. The molecule has 0 unspecified atom stereocenters. The molecule has 1 amide bonds. The van der Waals surface area contributed by atoms with Gasteiger partial charge in [-0.2, -0.15) is 10.3 Å². The van der Waals surface area contributed by atoms with E-state index in [-0.39, 0.29) is 24.4 Å². The van der Waals surface area contributed by atoms with E-state index in [1.165, 1.54) is 0 Å². The van der Waals surface area contributed by atoms with Crippen LogP contribution >= 0.6 is 0 Å². The molecular formula is C24H19N7O3. The van der Waals surface area contributed by atoms with E-state index in [2.05, 4.69) is 31.7 Å². The van der Waals surface area contributed by atoms with Crippen molar-refractivity contribution in [2.24, 2.45) is 17.0 Å². The number of nitrogens with one attached hydrogen (secondary N) is 2. The zero-order valence-electron chi connectivity index (χ0n) is 18.4. The van der Waals surface area contributed by atoms with Crippen LogP contribution in [0.25, 0.3) is 11.4 Å². The van der Waals surface area contributed by atoms with Gasteiger partial charge in [0.25, 0.3) is 5.88 Å². The Labute approximate surface area is 194 Å². The summed E-state index contributed by atoms with van der Waals surface area (Å²) >= 11 is 0. The smallest absolute Gasteiger partial charge is 0.304 e. The van der Waals surface area contributed by atoms with Crippen LogP contribution in [-0.4, -0.2) is 33.9 Å². The van der Waals surface area contributed by atoms with Gasteiger partial charge in [0.05, 0.1) is 11.6 Å². The van der Waals surface area contributed by atoms with Crippen LogP contribution in [0.15, 0.2) is 76.4 Å². The molecule has 10 heteroatoms. The lowest BCUT2D eigenvalue weighted by molar-refractivity contribution is -0.119. The number of hydrogen-bond donors (Lipinski definition) is 2. The van der Waals surface area contributed by atoms with E-state index in [0.717, 1.165) is 17.0 Å². The molecule has 168 valence electrons. The molecular weight excluding hydrogens is 434 g/mol. The first-order valence-electron chi connectivity index (χ1n) is 10.4. The third-order valence-corrected chi connectivity index (χ3v) is 5.18. The summed E-state index contributed by atoms with van der Waals surface area (Å²) in [6.45, 7) is 1.81. The number of carbonyl (C=O) groups excluding carboxylic acids is 1. The average Bonchev–Trinajstić information content (AvgIpc) is 3.27. The van der Waals surface area contributed by atoms with Crippen molar-refractivity contribution < 1.29 is 14.3 Å². The lowest BCUT2D eigenvalue weighted by Crippen LogP contribution is -2.48. The number of hydrogen-bond acceptors (Lipinski definition) is 8. The number of fused-ring (bicyclic) bond motifs is 1. The number of benzene rings is 2.